The minimum absolute atomic E-state index is 0.224. The van der Waals surface area contributed by atoms with E-state index in [1.165, 1.54) is 12.1 Å². The van der Waals surface area contributed by atoms with Crippen LogP contribution in [0, 0.1) is 19.7 Å². The number of nitrogens with two attached hydrogens (primary N) is 1. The molecule has 0 unspecified atom stereocenters. The number of aromatic nitrogens is 1. The summed E-state index contributed by atoms with van der Waals surface area (Å²) >= 11 is 5.09. The van der Waals surface area contributed by atoms with Crippen LogP contribution in [0.2, 0.25) is 0 Å². The summed E-state index contributed by atoms with van der Waals surface area (Å²) in [6, 6.07) is 8.44. The molecule has 2 aromatic rings. The quantitative estimate of drug-likeness (QED) is 0.833. The van der Waals surface area contributed by atoms with Crippen molar-refractivity contribution >= 4 is 23.0 Å². The average Bonchev–Trinajstić information content (AvgIpc) is 2.39. The number of nitrogens with one attached hydrogen (secondary N) is 1. The van der Waals surface area contributed by atoms with E-state index in [-0.39, 0.29) is 5.82 Å². The largest absolute Gasteiger partial charge is 0.389 e. The van der Waals surface area contributed by atoms with Crippen molar-refractivity contribution in [1.29, 1.82) is 0 Å². The van der Waals surface area contributed by atoms with E-state index in [0.717, 1.165) is 28.8 Å². The van der Waals surface area contributed by atoms with Gasteiger partial charge in [0.1, 0.15) is 16.6 Å². The predicted molar refractivity (Wildman–Crippen MR) is 88.2 cm³/mol. The normalized spacial score (nSPS) is 10.4. The molecule has 5 heteroatoms. The molecule has 0 aliphatic heterocycles. The molecule has 0 amide bonds. The molecular formula is C16H18FN3S. The number of rotatable bonds is 5. The molecule has 110 valence electrons. The van der Waals surface area contributed by atoms with Gasteiger partial charge in [0.15, 0.2) is 0 Å². The summed E-state index contributed by atoms with van der Waals surface area (Å²) in [6.45, 7) is 4.58. The molecule has 1 heterocycles. The van der Waals surface area contributed by atoms with Gasteiger partial charge in [0.05, 0.1) is 5.56 Å². The van der Waals surface area contributed by atoms with Gasteiger partial charge in [0.25, 0.3) is 0 Å². The fourth-order valence-electron chi connectivity index (χ4n) is 2.25. The number of hydrogen-bond donors (Lipinski definition) is 2. The van der Waals surface area contributed by atoms with Crippen LogP contribution in [0.3, 0.4) is 0 Å². The Hall–Kier alpha value is -2.01. The molecule has 0 radical (unpaired) electrons. The number of hydrogen-bond acceptors (Lipinski definition) is 3. The Morgan fingerprint density at radius 3 is 2.57 bits per heavy atom. The second kappa shape index (κ2) is 6.63. The van der Waals surface area contributed by atoms with Gasteiger partial charge < -0.3 is 11.1 Å². The molecule has 0 bridgehead atoms. The van der Waals surface area contributed by atoms with Gasteiger partial charge in [-0.05, 0) is 49.6 Å². The van der Waals surface area contributed by atoms with Crippen LogP contribution in [0.5, 0.6) is 0 Å². The van der Waals surface area contributed by atoms with Gasteiger partial charge in [-0.1, -0.05) is 24.4 Å². The number of halogens is 1. The first-order chi connectivity index (χ1) is 9.97. The summed E-state index contributed by atoms with van der Waals surface area (Å²) in [6.07, 6.45) is 0.770. The van der Waals surface area contributed by atoms with Gasteiger partial charge in [-0.2, -0.15) is 0 Å². The number of benzene rings is 1. The lowest BCUT2D eigenvalue weighted by atomic mass is 10.1. The Kier molecular flexibility index (Phi) is 4.85. The van der Waals surface area contributed by atoms with Crippen molar-refractivity contribution in [1.82, 2.24) is 4.98 Å². The zero-order chi connectivity index (χ0) is 15.4. The first-order valence-corrected chi connectivity index (χ1v) is 7.14. The van der Waals surface area contributed by atoms with Gasteiger partial charge in [0, 0.05) is 12.2 Å². The van der Waals surface area contributed by atoms with E-state index >= 15 is 0 Å². The minimum atomic E-state index is -0.224. The lowest BCUT2D eigenvalue weighted by molar-refractivity contribution is 0.627. The van der Waals surface area contributed by atoms with E-state index in [0.29, 0.717) is 17.4 Å². The van der Waals surface area contributed by atoms with E-state index in [9.17, 15) is 4.39 Å². The maximum absolute atomic E-state index is 12.9. The molecule has 3 nitrogen and oxygen atoms in total. The fourth-order valence-corrected chi connectivity index (χ4v) is 2.51. The van der Waals surface area contributed by atoms with Crippen LogP contribution in [-0.2, 0) is 6.42 Å². The third kappa shape index (κ3) is 3.98. The fraction of sp³-hybridized carbons (Fsp3) is 0.250. The average molecular weight is 303 g/mol. The zero-order valence-electron chi connectivity index (χ0n) is 12.1. The van der Waals surface area contributed by atoms with Crippen LogP contribution in [0.4, 0.5) is 10.2 Å². The second-order valence-corrected chi connectivity index (χ2v) is 5.41. The van der Waals surface area contributed by atoms with E-state index in [4.69, 9.17) is 18.0 Å². The molecule has 0 fully saturated rings. The minimum Gasteiger partial charge on any atom is -0.389 e. The molecule has 21 heavy (non-hydrogen) atoms. The topological polar surface area (TPSA) is 50.9 Å². The third-order valence-corrected chi connectivity index (χ3v) is 3.41. The smallest absolute Gasteiger partial charge is 0.136 e. The van der Waals surface area contributed by atoms with E-state index < -0.39 is 0 Å². The number of anilines is 1. The summed E-state index contributed by atoms with van der Waals surface area (Å²) in [4.78, 5) is 4.80. The highest BCUT2D eigenvalue weighted by atomic mass is 32.1. The summed E-state index contributed by atoms with van der Waals surface area (Å²) in [5, 5.41) is 3.27. The molecule has 0 saturated carbocycles. The van der Waals surface area contributed by atoms with Crippen LogP contribution in [0.15, 0.2) is 30.3 Å². The molecular weight excluding hydrogens is 285 g/mol. The first-order valence-electron chi connectivity index (χ1n) is 6.73. The van der Waals surface area contributed by atoms with Gasteiger partial charge in [-0.15, -0.1) is 0 Å². The first kappa shape index (κ1) is 15.4. The van der Waals surface area contributed by atoms with Crippen molar-refractivity contribution < 1.29 is 4.39 Å². The van der Waals surface area contributed by atoms with Crippen LogP contribution in [0.25, 0.3) is 0 Å². The van der Waals surface area contributed by atoms with Crippen molar-refractivity contribution in [3.8, 4) is 0 Å². The van der Waals surface area contributed by atoms with E-state index in [2.05, 4.69) is 10.3 Å². The molecule has 3 N–H and O–H groups in total. The molecule has 0 spiro atoms. The maximum Gasteiger partial charge on any atom is 0.136 e. The monoisotopic (exact) mass is 303 g/mol. The SMILES string of the molecule is Cc1cc(C)c(C(N)=S)c(NCCc2ccc(F)cc2)n1. The number of pyridine rings is 1. The maximum atomic E-state index is 12.9. The number of aryl methyl sites for hydroxylation is 2. The van der Waals surface area contributed by atoms with Crippen LogP contribution in [-0.4, -0.2) is 16.5 Å². The Bertz CT molecular complexity index is 653. The third-order valence-electron chi connectivity index (χ3n) is 3.21. The lowest BCUT2D eigenvalue weighted by Gasteiger charge is -2.13. The van der Waals surface area contributed by atoms with Gasteiger partial charge >= 0.3 is 0 Å². The van der Waals surface area contributed by atoms with Crippen LogP contribution in [0.1, 0.15) is 22.4 Å². The second-order valence-electron chi connectivity index (χ2n) is 4.97. The predicted octanol–water partition coefficient (Wildman–Crippen LogP) is 3.13. The summed E-state index contributed by atoms with van der Waals surface area (Å²) in [5.74, 6) is 0.487. The molecule has 0 saturated heterocycles. The Morgan fingerprint density at radius 1 is 1.29 bits per heavy atom. The van der Waals surface area contributed by atoms with Crippen LogP contribution >= 0.6 is 12.2 Å². The molecule has 0 aliphatic carbocycles. The van der Waals surface area contributed by atoms with E-state index in [1.807, 2.05) is 19.9 Å². The Labute approximate surface area is 129 Å². The van der Waals surface area contributed by atoms with Gasteiger partial charge in [-0.3, -0.25) is 0 Å². The van der Waals surface area contributed by atoms with Crippen molar-refractivity contribution in [3.63, 3.8) is 0 Å². The molecule has 1 aromatic heterocycles. The standard InChI is InChI=1S/C16H18FN3S/c1-10-9-11(2)20-16(14(10)15(18)21)19-8-7-12-3-5-13(17)6-4-12/h3-6,9H,7-8H2,1-2H3,(H2,18,21)(H,19,20). The Balaban J connectivity index is 2.09. The zero-order valence-corrected chi connectivity index (χ0v) is 12.9. The highest BCUT2D eigenvalue weighted by molar-refractivity contribution is 7.80. The summed E-state index contributed by atoms with van der Waals surface area (Å²) in [5.41, 5.74) is 9.55. The number of nitrogens with zero attached hydrogens (tertiary/aromatic N) is 1. The Morgan fingerprint density at radius 2 is 1.95 bits per heavy atom. The van der Waals surface area contributed by atoms with Crippen molar-refractivity contribution in [2.24, 2.45) is 5.73 Å². The van der Waals surface area contributed by atoms with Crippen LogP contribution < -0.4 is 11.1 Å². The number of thiocarbonyl (C=S) groups is 1. The van der Waals surface area contributed by atoms with Crippen molar-refractivity contribution in [2.45, 2.75) is 20.3 Å². The summed E-state index contributed by atoms with van der Waals surface area (Å²) in [7, 11) is 0. The summed E-state index contributed by atoms with van der Waals surface area (Å²) < 4.78 is 12.9. The molecule has 2 rings (SSSR count). The highest BCUT2D eigenvalue weighted by Gasteiger charge is 2.11. The van der Waals surface area contributed by atoms with Gasteiger partial charge in [-0.25, -0.2) is 9.37 Å². The van der Waals surface area contributed by atoms with Gasteiger partial charge in [0.2, 0.25) is 0 Å². The molecule has 1 aromatic carbocycles. The van der Waals surface area contributed by atoms with E-state index in [1.54, 1.807) is 12.1 Å². The molecule has 0 aliphatic rings. The lowest BCUT2D eigenvalue weighted by Crippen LogP contribution is -2.18. The van der Waals surface area contributed by atoms with Crippen molar-refractivity contribution in [2.75, 3.05) is 11.9 Å². The molecule has 0 atom stereocenters. The van der Waals surface area contributed by atoms with Crippen molar-refractivity contribution in [3.05, 3.63) is 58.5 Å². The highest BCUT2D eigenvalue weighted by Crippen LogP contribution is 2.18.